The zero-order valence-corrected chi connectivity index (χ0v) is 13.4. The molecule has 0 radical (unpaired) electrons. The third-order valence-corrected chi connectivity index (χ3v) is 5.35. The van der Waals surface area contributed by atoms with Crippen LogP contribution in [0.1, 0.15) is 19.8 Å². The fraction of sp³-hybridized carbons (Fsp3) is 0.571. The molecule has 1 aromatic carbocycles. The van der Waals surface area contributed by atoms with E-state index in [-0.39, 0.29) is 5.92 Å². The number of hydrogen-bond acceptors (Lipinski definition) is 4. The highest BCUT2D eigenvalue weighted by molar-refractivity contribution is 7.89. The Bertz CT molecular complexity index is 628. The van der Waals surface area contributed by atoms with Crippen LogP contribution in [0.5, 0.6) is 5.75 Å². The number of nitrogens with one attached hydrogen (secondary N) is 2. The summed E-state index contributed by atoms with van der Waals surface area (Å²) in [6.45, 7) is 3.27. The van der Waals surface area contributed by atoms with Gasteiger partial charge in [0.25, 0.3) is 0 Å². The molecule has 2 N–H and O–H groups in total. The van der Waals surface area contributed by atoms with Crippen LogP contribution in [0.15, 0.2) is 29.2 Å². The highest BCUT2D eigenvalue weighted by Gasteiger charge is 2.34. The van der Waals surface area contributed by atoms with Gasteiger partial charge in [-0.15, -0.1) is 13.2 Å². The van der Waals surface area contributed by atoms with E-state index in [1.54, 1.807) is 6.92 Å². The molecule has 0 bridgehead atoms. The molecule has 23 heavy (non-hydrogen) atoms. The minimum absolute atomic E-state index is 0.0919. The highest BCUT2D eigenvalue weighted by Crippen LogP contribution is 2.29. The topological polar surface area (TPSA) is 67.4 Å². The molecular weight excluding hydrogens is 333 g/mol. The number of piperidine rings is 1. The van der Waals surface area contributed by atoms with E-state index in [1.807, 2.05) is 0 Å². The SMILES string of the molecule is CC(NS(=O)(=O)c1ccccc1OC(F)(F)F)C1CCCNC1. The number of ether oxygens (including phenoxy) is 1. The summed E-state index contributed by atoms with van der Waals surface area (Å²) in [4.78, 5) is -0.520. The van der Waals surface area contributed by atoms with Crippen LogP contribution in [-0.4, -0.2) is 33.9 Å². The fourth-order valence-corrected chi connectivity index (χ4v) is 4.03. The van der Waals surface area contributed by atoms with Crippen LogP contribution in [0.3, 0.4) is 0 Å². The predicted octanol–water partition coefficient (Wildman–Crippen LogP) is 2.25. The molecule has 0 saturated carbocycles. The Morgan fingerprint density at radius 1 is 1.35 bits per heavy atom. The third-order valence-electron chi connectivity index (χ3n) is 3.75. The Kier molecular flexibility index (Phi) is 5.53. The van der Waals surface area contributed by atoms with Crippen LogP contribution in [0.2, 0.25) is 0 Å². The molecule has 0 aromatic heterocycles. The molecule has 0 spiro atoms. The minimum atomic E-state index is -4.95. The summed E-state index contributed by atoms with van der Waals surface area (Å²) in [5, 5.41) is 3.18. The summed E-state index contributed by atoms with van der Waals surface area (Å²) in [6.07, 6.45) is -3.16. The van der Waals surface area contributed by atoms with E-state index in [0.29, 0.717) is 6.54 Å². The molecule has 5 nitrogen and oxygen atoms in total. The highest BCUT2D eigenvalue weighted by atomic mass is 32.2. The van der Waals surface area contributed by atoms with E-state index in [9.17, 15) is 21.6 Å². The lowest BCUT2D eigenvalue weighted by Crippen LogP contribution is -2.44. The van der Waals surface area contributed by atoms with Gasteiger partial charge in [0, 0.05) is 6.04 Å². The van der Waals surface area contributed by atoms with Crippen molar-refractivity contribution in [2.75, 3.05) is 13.1 Å². The maximum atomic E-state index is 12.4. The van der Waals surface area contributed by atoms with Gasteiger partial charge in [-0.05, 0) is 50.9 Å². The van der Waals surface area contributed by atoms with Crippen LogP contribution in [0.25, 0.3) is 0 Å². The minimum Gasteiger partial charge on any atom is -0.404 e. The lowest BCUT2D eigenvalue weighted by atomic mass is 9.94. The summed E-state index contributed by atoms with van der Waals surface area (Å²) in [5.41, 5.74) is 0. The van der Waals surface area contributed by atoms with Crippen molar-refractivity contribution in [2.24, 2.45) is 5.92 Å². The molecule has 1 fully saturated rings. The van der Waals surface area contributed by atoms with E-state index < -0.39 is 33.1 Å². The van der Waals surface area contributed by atoms with Crippen molar-refractivity contribution in [3.63, 3.8) is 0 Å². The van der Waals surface area contributed by atoms with Gasteiger partial charge >= 0.3 is 6.36 Å². The van der Waals surface area contributed by atoms with Gasteiger partial charge in [-0.25, -0.2) is 13.1 Å². The maximum Gasteiger partial charge on any atom is 0.573 e. The van der Waals surface area contributed by atoms with Crippen molar-refractivity contribution in [3.8, 4) is 5.75 Å². The molecule has 1 aliphatic rings. The molecule has 0 amide bonds. The van der Waals surface area contributed by atoms with Crippen LogP contribution < -0.4 is 14.8 Å². The Labute approximate surface area is 133 Å². The number of para-hydroxylation sites is 1. The second-order valence-electron chi connectivity index (χ2n) is 5.51. The molecule has 2 rings (SSSR count). The molecule has 9 heteroatoms. The molecule has 1 aromatic rings. The lowest BCUT2D eigenvalue weighted by Gasteiger charge is -2.29. The summed E-state index contributed by atoms with van der Waals surface area (Å²) >= 11 is 0. The van der Waals surface area contributed by atoms with Crippen LogP contribution >= 0.6 is 0 Å². The monoisotopic (exact) mass is 352 g/mol. The van der Waals surface area contributed by atoms with Crippen LogP contribution in [0, 0.1) is 5.92 Å². The van der Waals surface area contributed by atoms with E-state index in [0.717, 1.165) is 31.5 Å². The molecule has 0 aliphatic carbocycles. The van der Waals surface area contributed by atoms with Gasteiger partial charge in [-0.1, -0.05) is 12.1 Å². The molecule has 2 unspecified atom stereocenters. The van der Waals surface area contributed by atoms with Crippen molar-refractivity contribution < 1.29 is 26.3 Å². The van der Waals surface area contributed by atoms with Gasteiger partial charge in [-0.2, -0.15) is 0 Å². The second-order valence-corrected chi connectivity index (χ2v) is 7.19. The normalized spacial score (nSPS) is 21.0. The molecule has 130 valence electrons. The van der Waals surface area contributed by atoms with Crippen molar-refractivity contribution in [2.45, 2.75) is 37.1 Å². The zero-order chi connectivity index (χ0) is 17.1. The maximum absolute atomic E-state index is 12.4. The third kappa shape index (κ3) is 5.08. The average Bonchev–Trinajstić information content (AvgIpc) is 2.46. The Morgan fingerprint density at radius 3 is 2.65 bits per heavy atom. The molecular formula is C14H19F3N2O3S. The first-order chi connectivity index (χ1) is 10.7. The van der Waals surface area contributed by atoms with Gasteiger partial charge < -0.3 is 10.1 Å². The summed E-state index contributed by atoms with van der Waals surface area (Å²) in [6, 6.07) is 4.32. The number of alkyl halides is 3. The standard InChI is InChI=1S/C14H19F3N2O3S/c1-10(11-5-4-8-18-9-11)19-23(20,21)13-7-3-2-6-12(13)22-14(15,16)17/h2-3,6-7,10-11,18-19H,4-5,8-9H2,1H3. The van der Waals surface area contributed by atoms with Gasteiger partial charge in [0.05, 0.1) is 0 Å². The van der Waals surface area contributed by atoms with Crippen LogP contribution in [0.4, 0.5) is 13.2 Å². The number of halogens is 3. The van der Waals surface area contributed by atoms with Crippen molar-refractivity contribution in [1.29, 1.82) is 0 Å². The number of benzene rings is 1. The van der Waals surface area contributed by atoms with E-state index >= 15 is 0 Å². The number of sulfonamides is 1. The Hall–Kier alpha value is -1.32. The van der Waals surface area contributed by atoms with Gasteiger partial charge in [0.15, 0.2) is 0 Å². The molecule has 2 atom stereocenters. The largest absolute Gasteiger partial charge is 0.573 e. The Balaban J connectivity index is 2.19. The Morgan fingerprint density at radius 2 is 2.04 bits per heavy atom. The van der Waals surface area contributed by atoms with Crippen molar-refractivity contribution in [3.05, 3.63) is 24.3 Å². The summed E-state index contributed by atoms with van der Waals surface area (Å²) in [5.74, 6) is -0.643. The van der Waals surface area contributed by atoms with Gasteiger partial charge in [-0.3, -0.25) is 0 Å². The number of rotatable bonds is 5. The lowest BCUT2D eigenvalue weighted by molar-refractivity contribution is -0.275. The summed E-state index contributed by atoms with van der Waals surface area (Å²) < 4.78 is 68.3. The van der Waals surface area contributed by atoms with Crippen molar-refractivity contribution >= 4 is 10.0 Å². The van der Waals surface area contributed by atoms with E-state index in [2.05, 4.69) is 14.8 Å². The predicted molar refractivity (Wildman–Crippen MR) is 78.5 cm³/mol. The zero-order valence-electron chi connectivity index (χ0n) is 12.6. The first-order valence-electron chi connectivity index (χ1n) is 7.27. The van der Waals surface area contributed by atoms with Crippen LogP contribution in [-0.2, 0) is 10.0 Å². The first kappa shape index (κ1) is 18.0. The molecule has 1 aliphatic heterocycles. The van der Waals surface area contributed by atoms with Crippen molar-refractivity contribution in [1.82, 2.24) is 10.0 Å². The van der Waals surface area contributed by atoms with Gasteiger partial charge in [0.1, 0.15) is 10.6 Å². The fourth-order valence-electron chi connectivity index (χ4n) is 2.59. The average molecular weight is 352 g/mol. The second kappa shape index (κ2) is 7.06. The van der Waals surface area contributed by atoms with E-state index in [1.165, 1.54) is 12.1 Å². The quantitative estimate of drug-likeness (QED) is 0.853. The summed E-state index contributed by atoms with van der Waals surface area (Å²) in [7, 11) is -4.11. The van der Waals surface area contributed by atoms with Gasteiger partial charge in [0.2, 0.25) is 10.0 Å². The van der Waals surface area contributed by atoms with E-state index in [4.69, 9.17) is 0 Å². The smallest absolute Gasteiger partial charge is 0.404 e. The first-order valence-corrected chi connectivity index (χ1v) is 8.75. The number of hydrogen-bond donors (Lipinski definition) is 2. The molecule has 1 saturated heterocycles. The molecule has 1 heterocycles.